The summed E-state index contributed by atoms with van der Waals surface area (Å²) in [5.41, 5.74) is 0. The predicted octanol–water partition coefficient (Wildman–Crippen LogP) is 1.87. The van der Waals surface area contributed by atoms with Crippen LogP contribution in [0.15, 0.2) is 54.9 Å². The maximum Gasteiger partial charge on any atom is 0.267 e. The number of nitrogens with zero attached hydrogens (tertiary/aromatic N) is 5. The van der Waals surface area contributed by atoms with Crippen molar-refractivity contribution in [2.75, 3.05) is 19.7 Å². The van der Waals surface area contributed by atoms with Crippen LogP contribution in [0.5, 0.6) is 17.4 Å². The van der Waals surface area contributed by atoms with Gasteiger partial charge in [0, 0.05) is 44.4 Å². The SMILES string of the molecule is O=C(C1COc2ccccc2O1)N1CCC(Oc2ccc(-n3cccn3)nn2)CC1. The van der Waals surface area contributed by atoms with Gasteiger partial charge >= 0.3 is 0 Å². The zero-order valence-electron chi connectivity index (χ0n) is 16.3. The van der Waals surface area contributed by atoms with E-state index >= 15 is 0 Å². The van der Waals surface area contributed by atoms with Gasteiger partial charge in [0.2, 0.25) is 12.0 Å². The standard InChI is InChI=1S/C21H21N5O4/c27-21(18-14-28-16-4-1-2-5-17(16)30-18)25-12-8-15(9-13-25)29-20-7-6-19(23-24-20)26-11-3-10-22-26/h1-7,10-11,15,18H,8-9,12-14H2. The van der Waals surface area contributed by atoms with Crippen LogP contribution in [-0.4, -0.2) is 62.7 Å². The van der Waals surface area contributed by atoms with Crippen molar-refractivity contribution >= 4 is 5.91 Å². The highest BCUT2D eigenvalue weighted by atomic mass is 16.6. The Morgan fingerprint density at radius 3 is 2.60 bits per heavy atom. The van der Waals surface area contributed by atoms with E-state index in [4.69, 9.17) is 14.2 Å². The molecule has 0 bridgehead atoms. The number of rotatable bonds is 4. The molecule has 3 aromatic rings. The van der Waals surface area contributed by atoms with Gasteiger partial charge in [0.15, 0.2) is 17.3 Å². The van der Waals surface area contributed by atoms with Crippen molar-refractivity contribution in [1.82, 2.24) is 24.9 Å². The van der Waals surface area contributed by atoms with Crippen LogP contribution in [0.1, 0.15) is 12.8 Å². The molecule has 0 spiro atoms. The van der Waals surface area contributed by atoms with Crippen molar-refractivity contribution in [2.45, 2.75) is 25.0 Å². The maximum atomic E-state index is 12.8. The average molecular weight is 407 g/mol. The van der Waals surface area contributed by atoms with Gasteiger partial charge in [-0.05, 0) is 24.3 Å². The second kappa shape index (κ2) is 8.02. The quantitative estimate of drug-likeness (QED) is 0.652. The molecule has 1 unspecified atom stereocenters. The van der Waals surface area contributed by atoms with Gasteiger partial charge in [-0.25, -0.2) is 4.68 Å². The third-order valence-corrected chi connectivity index (χ3v) is 5.19. The number of likely N-dealkylation sites (tertiary alicyclic amines) is 1. The number of fused-ring (bicyclic) bond motifs is 1. The summed E-state index contributed by atoms with van der Waals surface area (Å²) < 4.78 is 19.1. The summed E-state index contributed by atoms with van der Waals surface area (Å²) >= 11 is 0. The van der Waals surface area contributed by atoms with Gasteiger partial charge < -0.3 is 19.1 Å². The fraction of sp³-hybridized carbons (Fsp3) is 0.333. The molecule has 4 heterocycles. The van der Waals surface area contributed by atoms with Crippen molar-refractivity contribution in [3.63, 3.8) is 0 Å². The smallest absolute Gasteiger partial charge is 0.267 e. The van der Waals surface area contributed by atoms with E-state index in [0.29, 0.717) is 36.3 Å². The lowest BCUT2D eigenvalue weighted by molar-refractivity contribution is -0.143. The molecule has 30 heavy (non-hydrogen) atoms. The highest BCUT2D eigenvalue weighted by molar-refractivity contribution is 5.82. The molecule has 2 aliphatic rings. The number of amides is 1. The summed E-state index contributed by atoms with van der Waals surface area (Å²) in [6.07, 6.45) is 4.31. The van der Waals surface area contributed by atoms with E-state index in [0.717, 1.165) is 12.8 Å². The van der Waals surface area contributed by atoms with E-state index in [1.54, 1.807) is 23.1 Å². The van der Waals surface area contributed by atoms with E-state index < -0.39 is 6.10 Å². The number of ether oxygens (including phenoxy) is 3. The lowest BCUT2D eigenvalue weighted by Gasteiger charge is -2.35. The second-order valence-corrected chi connectivity index (χ2v) is 7.19. The molecule has 9 heteroatoms. The fourth-order valence-electron chi connectivity index (χ4n) is 3.61. The normalized spacial score (nSPS) is 18.8. The first-order chi connectivity index (χ1) is 14.8. The molecule has 0 saturated carbocycles. The summed E-state index contributed by atoms with van der Waals surface area (Å²) in [4.78, 5) is 14.6. The molecule has 154 valence electrons. The van der Waals surface area contributed by atoms with E-state index in [9.17, 15) is 4.79 Å². The van der Waals surface area contributed by atoms with E-state index in [-0.39, 0.29) is 18.6 Å². The molecule has 1 amide bonds. The summed E-state index contributed by atoms with van der Waals surface area (Å²) in [5, 5.41) is 12.4. The van der Waals surface area contributed by atoms with Crippen LogP contribution in [0, 0.1) is 0 Å². The van der Waals surface area contributed by atoms with Gasteiger partial charge in [-0.2, -0.15) is 5.10 Å². The predicted molar refractivity (Wildman–Crippen MR) is 106 cm³/mol. The van der Waals surface area contributed by atoms with Crippen molar-refractivity contribution < 1.29 is 19.0 Å². The minimum absolute atomic E-state index is 0.0110. The number of para-hydroxylation sites is 2. The topological polar surface area (TPSA) is 91.6 Å². The Balaban J connectivity index is 1.13. The molecular weight excluding hydrogens is 386 g/mol. The third kappa shape index (κ3) is 3.78. The van der Waals surface area contributed by atoms with Gasteiger partial charge in [0.1, 0.15) is 12.7 Å². The Hall–Kier alpha value is -3.62. The zero-order valence-corrected chi connectivity index (χ0v) is 16.3. The Kier molecular flexibility index (Phi) is 4.92. The van der Waals surface area contributed by atoms with Gasteiger partial charge in [0.25, 0.3) is 5.91 Å². The average Bonchev–Trinajstić information content (AvgIpc) is 3.34. The molecule has 1 saturated heterocycles. The molecule has 5 rings (SSSR count). The number of aromatic nitrogens is 4. The van der Waals surface area contributed by atoms with Crippen LogP contribution in [-0.2, 0) is 4.79 Å². The summed E-state index contributed by atoms with van der Waals surface area (Å²) in [5.74, 6) is 2.33. The Bertz CT molecular complexity index is 1000. The molecular formula is C21H21N5O4. The highest BCUT2D eigenvalue weighted by Crippen LogP contribution is 2.31. The largest absolute Gasteiger partial charge is 0.485 e. The Labute approximate surface area is 173 Å². The first-order valence-electron chi connectivity index (χ1n) is 9.94. The molecule has 2 aromatic heterocycles. The van der Waals surface area contributed by atoms with Gasteiger partial charge in [-0.15, -0.1) is 10.2 Å². The van der Waals surface area contributed by atoms with Crippen LogP contribution in [0.3, 0.4) is 0 Å². The number of hydrogen-bond acceptors (Lipinski definition) is 7. The van der Waals surface area contributed by atoms with E-state index in [2.05, 4.69) is 15.3 Å². The van der Waals surface area contributed by atoms with Gasteiger partial charge in [0.05, 0.1) is 0 Å². The lowest BCUT2D eigenvalue weighted by Crippen LogP contribution is -2.50. The van der Waals surface area contributed by atoms with Crippen molar-refractivity contribution in [3.05, 3.63) is 54.9 Å². The van der Waals surface area contributed by atoms with E-state index in [1.807, 2.05) is 41.3 Å². The summed E-state index contributed by atoms with van der Waals surface area (Å²) in [6.45, 7) is 1.43. The van der Waals surface area contributed by atoms with Crippen molar-refractivity contribution in [1.29, 1.82) is 0 Å². The number of piperidine rings is 1. The summed E-state index contributed by atoms with van der Waals surface area (Å²) in [6, 6.07) is 12.8. The fourth-order valence-corrected chi connectivity index (χ4v) is 3.61. The van der Waals surface area contributed by atoms with Crippen LogP contribution in [0.2, 0.25) is 0 Å². The highest BCUT2D eigenvalue weighted by Gasteiger charge is 2.33. The first-order valence-corrected chi connectivity index (χ1v) is 9.94. The molecule has 0 aliphatic carbocycles. The first kappa shape index (κ1) is 18.4. The second-order valence-electron chi connectivity index (χ2n) is 7.19. The van der Waals surface area contributed by atoms with Gasteiger partial charge in [-0.3, -0.25) is 4.79 Å². The van der Waals surface area contributed by atoms with Crippen molar-refractivity contribution in [3.8, 4) is 23.2 Å². The van der Waals surface area contributed by atoms with E-state index in [1.165, 1.54) is 0 Å². The maximum absolute atomic E-state index is 12.8. The number of carbonyl (C=O) groups excluding carboxylic acids is 1. The van der Waals surface area contributed by atoms with Crippen molar-refractivity contribution in [2.24, 2.45) is 0 Å². The minimum Gasteiger partial charge on any atom is -0.485 e. The number of carbonyl (C=O) groups is 1. The Morgan fingerprint density at radius 1 is 1.03 bits per heavy atom. The molecule has 1 atom stereocenters. The molecule has 0 radical (unpaired) electrons. The number of hydrogen-bond donors (Lipinski definition) is 0. The monoisotopic (exact) mass is 407 g/mol. The zero-order chi connectivity index (χ0) is 20.3. The number of benzene rings is 1. The third-order valence-electron chi connectivity index (χ3n) is 5.19. The van der Waals surface area contributed by atoms with Crippen LogP contribution >= 0.6 is 0 Å². The molecule has 9 nitrogen and oxygen atoms in total. The molecule has 0 N–H and O–H groups in total. The van der Waals surface area contributed by atoms with Crippen LogP contribution in [0.4, 0.5) is 0 Å². The summed E-state index contributed by atoms with van der Waals surface area (Å²) in [7, 11) is 0. The molecule has 2 aliphatic heterocycles. The molecule has 1 fully saturated rings. The lowest BCUT2D eigenvalue weighted by atomic mass is 10.1. The van der Waals surface area contributed by atoms with Crippen LogP contribution < -0.4 is 14.2 Å². The Morgan fingerprint density at radius 2 is 1.87 bits per heavy atom. The molecule has 1 aromatic carbocycles. The van der Waals surface area contributed by atoms with Gasteiger partial charge in [-0.1, -0.05) is 12.1 Å². The van der Waals surface area contributed by atoms with Crippen LogP contribution in [0.25, 0.3) is 5.82 Å². The minimum atomic E-state index is -0.613.